The molecule has 0 atom stereocenters. The third-order valence-electron chi connectivity index (χ3n) is 2.88. The van der Waals surface area contributed by atoms with E-state index in [1.54, 1.807) is 13.1 Å². The average Bonchev–Trinajstić information content (AvgIpc) is 2.48. The fourth-order valence-corrected chi connectivity index (χ4v) is 2.31. The molecule has 0 bridgehead atoms. The van der Waals surface area contributed by atoms with Crippen molar-refractivity contribution >= 4 is 40.0 Å². The Bertz CT molecular complexity index is 606. The first-order valence-electron chi connectivity index (χ1n) is 6.38. The van der Waals surface area contributed by atoms with Crippen molar-refractivity contribution in [3.63, 3.8) is 0 Å². The van der Waals surface area contributed by atoms with Crippen molar-refractivity contribution in [1.82, 2.24) is 4.98 Å². The number of nitrogens with zero attached hydrogens (tertiary/aromatic N) is 1. The van der Waals surface area contributed by atoms with Crippen LogP contribution in [-0.2, 0) is 6.42 Å². The molecule has 4 nitrogen and oxygen atoms in total. The van der Waals surface area contributed by atoms with Crippen LogP contribution in [0.5, 0.6) is 0 Å². The molecule has 0 saturated carbocycles. The van der Waals surface area contributed by atoms with Crippen molar-refractivity contribution in [2.45, 2.75) is 13.3 Å². The predicted molar refractivity (Wildman–Crippen MR) is 90.3 cm³/mol. The summed E-state index contributed by atoms with van der Waals surface area (Å²) in [5.41, 5.74) is 2.32. The first kappa shape index (κ1) is 14.8. The third-order valence-corrected chi connectivity index (χ3v) is 3.82. The average molecular weight is 381 g/mol. The molecule has 0 spiro atoms. The number of benzene rings is 1. The molecular weight excluding hydrogens is 365 g/mol. The Labute approximate surface area is 132 Å². The van der Waals surface area contributed by atoms with Crippen LogP contribution in [0.2, 0.25) is 0 Å². The summed E-state index contributed by atoms with van der Waals surface area (Å²) >= 11 is 2.20. The van der Waals surface area contributed by atoms with Gasteiger partial charge >= 0.3 is 0 Å². The summed E-state index contributed by atoms with van der Waals surface area (Å²) in [5, 5.41) is 5.91. The zero-order valence-electron chi connectivity index (χ0n) is 11.4. The third kappa shape index (κ3) is 3.47. The first-order valence-corrected chi connectivity index (χ1v) is 7.46. The van der Waals surface area contributed by atoms with Gasteiger partial charge in [0.2, 0.25) is 0 Å². The summed E-state index contributed by atoms with van der Waals surface area (Å²) in [6.07, 6.45) is 0.790. The molecule has 5 heteroatoms. The predicted octanol–water partition coefficient (Wildman–Crippen LogP) is 3.54. The molecular formula is C15H16IN3O. The minimum absolute atomic E-state index is 0.122. The number of rotatable bonds is 4. The SMILES string of the molecule is CCc1cc(C(=O)Nc2ccccc2I)cc(NC)n1. The maximum atomic E-state index is 12.3. The molecule has 1 aromatic carbocycles. The molecule has 20 heavy (non-hydrogen) atoms. The van der Waals surface area contributed by atoms with E-state index in [0.29, 0.717) is 11.4 Å². The van der Waals surface area contributed by atoms with Crippen LogP contribution in [-0.4, -0.2) is 17.9 Å². The number of hydrogen-bond donors (Lipinski definition) is 2. The van der Waals surface area contributed by atoms with Crippen molar-refractivity contribution in [3.8, 4) is 0 Å². The fourth-order valence-electron chi connectivity index (χ4n) is 1.79. The molecule has 1 heterocycles. The Balaban J connectivity index is 2.27. The lowest BCUT2D eigenvalue weighted by atomic mass is 10.1. The second-order valence-electron chi connectivity index (χ2n) is 4.27. The van der Waals surface area contributed by atoms with Gasteiger partial charge in [0.05, 0.1) is 5.69 Å². The Morgan fingerprint density at radius 3 is 2.70 bits per heavy atom. The number of anilines is 2. The molecule has 1 aromatic heterocycles. The molecule has 0 aliphatic rings. The summed E-state index contributed by atoms with van der Waals surface area (Å²) in [5.74, 6) is 0.583. The second kappa shape index (κ2) is 6.69. The highest BCUT2D eigenvalue weighted by atomic mass is 127. The van der Waals surface area contributed by atoms with Crippen LogP contribution in [0.15, 0.2) is 36.4 Å². The van der Waals surface area contributed by atoms with Gasteiger partial charge < -0.3 is 10.6 Å². The van der Waals surface area contributed by atoms with E-state index in [2.05, 4.69) is 38.2 Å². The Morgan fingerprint density at radius 2 is 2.05 bits per heavy atom. The molecule has 0 unspecified atom stereocenters. The van der Waals surface area contributed by atoms with Gasteiger partial charge in [-0.2, -0.15) is 0 Å². The van der Waals surface area contributed by atoms with Gasteiger partial charge in [-0.05, 0) is 53.3 Å². The van der Waals surface area contributed by atoms with E-state index in [9.17, 15) is 4.79 Å². The fraction of sp³-hybridized carbons (Fsp3) is 0.200. The van der Waals surface area contributed by atoms with Gasteiger partial charge in [0, 0.05) is 21.9 Å². The highest BCUT2D eigenvalue weighted by molar-refractivity contribution is 14.1. The Kier molecular flexibility index (Phi) is 4.94. The molecule has 104 valence electrons. The number of carbonyl (C=O) groups is 1. The molecule has 2 N–H and O–H groups in total. The van der Waals surface area contributed by atoms with Crippen LogP contribution in [0.4, 0.5) is 11.5 Å². The van der Waals surface area contributed by atoms with Crippen LogP contribution in [0.3, 0.4) is 0 Å². The van der Waals surface area contributed by atoms with Crippen LogP contribution in [0, 0.1) is 3.57 Å². The molecule has 0 aliphatic heterocycles. The number of halogens is 1. The topological polar surface area (TPSA) is 54.0 Å². The molecule has 0 fully saturated rings. The van der Waals surface area contributed by atoms with Gasteiger partial charge in [0.15, 0.2) is 0 Å². The number of para-hydroxylation sites is 1. The van der Waals surface area contributed by atoms with Gasteiger partial charge in [-0.3, -0.25) is 4.79 Å². The molecule has 0 saturated heterocycles. The lowest BCUT2D eigenvalue weighted by Crippen LogP contribution is -2.14. The van der Waals surface area contributed by atoms with Crippen LogP contribution < -0.4 is 10.6 Å². The quantitative estimate of drug-likeness (QED) is 0.797. The van der Waals surface area contributed by atoms with Crippen molar-refractivity contribution in [2.24, 2.45) is 0 Å². The Hall–Kier alpha value is -1.63. The zero-order chi connectivity index (χ0) is 14.5. The summed E-state index contributed by atoms with van der Waals surface area (Å²) in [7, 11) is 1.80. The summed E-state index contributed by atoms with van der Waals surface area (Å²) in [6, 6.07) is 11.3. The van der Waals surface area contributed by atoms with Crippen LogP contribution in [0.25, 0.3) is 0 Å². The minimum atomic E-state index is -0.122. The number of pyridine rings is 1. The smallest absolute Gasteiger partial charge is 0.255 e. The number of amides is 1. The van der Waals surface area contributed by atoms with Crippen LogP contribution >= 0.6 is 22.6 Å². The highest BCUT2D eigenvalue weighted by Gasteiger charge is 2.10. The number of nitrogens with one attached hydrogen (secondary N) is 2. The van der Waals surface area contributed by atoms with E-state index in [1.165, 1.54) is 0 Å². The molecule has 0 radical (unpaired) electrons. The van der Waals surface area contributed by atoms with Gasteiger partial charge in [0.25, 0.3) is 5.91 Å². The van der Waals surface area contributed by atoms with E-state index in [4.69, 9.17) is 0 Å². The first-order chi connectivity index (χ1) is 9.63. The number of aromatic nitrogens is 1. The number of hydrogen-bond acceptors (Lipinski definition) is 3. The standard InChI is InChI=1S/C15H16IN3O/c1-3-11-8-10(9-14(17-2)18-11)15(20)19-13-7-5-4-6-12(13)16/h4-9H,3H2,1-2H3,(H,17,18)(H,19,20). The maximum Gasteiger partial charge on any atom is 0.255 e. The zero-order valence-corrected chi connectivity index (χ0v) is 13.6. The summed E-state index contributed by atoms with van der Waals surface area (Å²) in [6.45, 7) is 2.02. The van der Waals surface area contributed by atoms with Crippen molar-refractivity contribution in [3.05, 3.63) is 51.2 Å². The number of aryl methyl sites for hydroxylation is 1. The van der Waals surface area contributed by atoms with E-state index in [0.717, 1.165) is 21.4 Å². The van der Waals surface area contributed by atoms with Gasteiger partial charge in [-0.1, -0.05) is 19.1 Å². The molecule has 1 amide bonds. The molecule has 2 rings (SSSR count). The van der Waals surface area contributed by atoms with Gasteiger partial charge in [-0.15, -0.1) is 0 Å². The number of carbonyl (C=O) groups excluding carboxylic acids is 1. The van der Waals surface area contributed by atoms with Gasteiger partial charge in [-0.25, -0.2) is 4.98 Å². The van der Waals surface area contributed by atoms with Crippen molar-refractivity contribution < 1.29 is 4.79 Å². The van der Waals surface area contributed by atoms with Crippen molar-refractivity contribution in [2.75, 3.05) is 17.7 Å². The molecule has 0 aliphatic carbocycles. The summed E-state index contributed by atoms with van der Waals surface area (Å²) < 4.78 is 1.01. The normalized spacial score (nSPS) is 10.2. The van der Waals surface area contributed by atoms with Gasteiger partial charge in [0.1, 0.15) is 5.82 Å². The maximum absolute atomic E-state index is 12.3. The van der Waals surface area contributed by atoms with E-state index >= 15 is 0 Å². The highest BCUT2D eigenvalue weighted by Crippen LogP contribution is 2.19. The van der Waals surface area contributed by atoms with Crippen molar-refractivity contribution in [1.29, 1.82) is 0 Å². The second-order valence-corrected chi connectivity index (χ2v) is 5.43. The molecule has 2 aromatic rings. The lowest BCUT2D eigenvalue weighted by Gasteiger charge is -2.09. The van der Waals surface area contributed by atoms with E-state index < -0.39 is 0 Å². The summed E-state index contributed by atoms with van der Waals surface area (Å²) in [4.78, 5) is 16.7. The largest absolute Gasteiger partial charge is 0.373 e. The minimum Gasteiger partial charge on any atom is -0.373 e. The van der Waals surface area contributed by atoms with Crippen LogP contribution in [0.1, 0.15) is 23.0 Å². The Morgan fingerprint density at radius 1 is 1.30 bits per heavy atom. The lowest BCUT2D eigenvalue weighted by molar-refractivity contribution is 0.102. The van der Waals surface area contributed by atoms with E-state index in [-0.39, 0.29) is 5.91 Å². The van der Waals surface area contributed by atoms with E-state index in [1.807, 2.05) is 37.3 Å². The monoisotopic (exact) mass is 381 g/mol.